The number of nitrogens with zero attached hydrogens (tertiary/aromatic N) is 5. The van der Waals surface area contributed by atoms with Crippen LogP contribution in [0, 0.1) is 13.8 Å². The molecule has 0 spiro atoms. The molecule has 130 valence electrons. The minimum atomic E-state index is 0.697. The van der Waals surface area contributed by atoms with E-state index in [0.717, 1.165) is 43.3 Å². The van der Waals surface area contributed by atoms with Gasteiger partial charge in [0.15, 0.2) is 0 Å². The number of anilines is 1. The lowest BCUT2D eigenvalue weighted by atomic mass is 10.2. The predicted octanol–water partition coefficient (Wildman–Crippen LogP) is 2.82. The maximum Gasteiger partial charge on any atom is 0.138 e. The molecular formula is C19H23N5O. The lowest BCUT2D eigenvalue weighted by Gasteiger charge is -2.18. The van der Waals surface area contributed by atoms with E-state index in [9.17, 15) is 0 Å². The molecule has 1 aliphatic rings. The second-order valence-electron chi connectivity index (χ2n) is 6.64. The summed E-state index contributed by atoms with van der Waals surface area (Å²) in [7, 11) is 0. The first kappa shape index (κ1) is 15.9. The van der Waals surface area contributed by atoms with Crippen LogP contribution in [0.25, 0.3) is 0 Å². The Hall–Kier alpha value is -2.60. The summed E-state index contributed by atoms with van der Waals surface area (Å²) in [4.78, 5) is 4.83. The Balaban J connectivity index is 1.39. The number of benzene rings is 1. The van der Waals surface area contributed by atoms with Crippen molar-refractivity contribution in [1.29, 1.82) is 0 Å². The highest BCUT2D eigenvalue weighted by Gasteiger charge is 2.21. The molecule has 0 aliphatic carbocycles. The highest BCUT2D eigenvalue weighted by Crippen LogP contribution is 2.20. The summed E-state index contributed by atoms with van der Waals surface area (Å²) in [6.45, 7) is 8.65. The fourth-order valence-electron chi connectivity index (χ4n) is 3.32. The lowest BCUT2D eigenvalue weighted by molar-refractivity contribution is 0.334. The third-order valence-corrected chi connectivity index (χ3v) is 4.79. The second kappa shape index (κ2) is 6.72. The van der Waals surface area contributed by atoms with Crippen molar-refractivity contribution in [2.75, 3.05) is 24.7 Å². The van der Waals surface area contributed by atoms with Crippen LogP contribution in [0.5, 0.6) is 0 Å². The molecule has 0 radical (unpaired) electrons. The Labute approximate surface area is 147 Å². The quantitative estimate of drug-likeness (QED) is 0.716. The molecule has 6 heteroatoms. The van der Waals surface area contributed by atoms with Gasteiger partial charge in [-0.15, -0.1) is 0 Å². The standard InChI is InChI=1S/C19H23N5O/c1-15-19(16(2)25-21-15)13-24-12-18(10-20-24)23-9-8-22(14-23)11-17-6-4-3-5-7-17/h3-7,10,12H,8-9,11,13-14H2,1-2H3. The van der Waals surface area contributed by atoms with Crippen LogP contribution in [0.3, 0.4) is 0 Å². The van der Waals surface area contributed by atoms with E-state index in [1.54, 1.807) is 0 Å². The van der Waals surface area contributed by atoms with Gasteiger partial charge in [0.25, 0.3) is 0 Å². The Bertz CT molecular complexity index is 819. The first-order chi connectivity index (χ1) is 12.2. The summed E-state index contributed by atoms with van der Waals surface area (Å²) in [5.41, 5.74) is 4.58. The van der Waals surface area contributed by atoms with Crippen LogP contribution in [0.1, 0.15) is 22.6 Å². The Morgan fingerprint density at radius 1 is 1.08 bits per heavy atom. The van der Waals surface area contributed by atoms with Crippen LogP contribution in [-0.4, -0.2) is 39.6 Å². The first-order valence-electron chi connectivity index (χ1n) is 8.64. The van der Waals surface area contributed by atoms with Crippen LogP contribution in [0.2, 0.25) is 0 Å². The summed E-state index contributed by atoms with van der Waals surface area (Å²) in [6.07, 6.45) is 4.06. The van der Waals surface area contributed by atoms with Crippen molar-refractivity contribution < 1.29 is 4.52 Å². The smallest absolute Gasteiger partial charge is 0.138 e. The van der Waals surface area contributed by atoms with Gasteiger partial charge in [0, 0.05) is 31.4 Å². The van der Waals surface area contributed by atoms with Gasteiger partial charge in [-0.1, -0.05) is 35.5 Å². The minimum absolute atomic E-state index is 0.697. The van der Waals surface area contributed by atoms with Crippen LogP contribution >= 0.6 is 0 Å². The molecule has 25 heavy (non-hydrogen) atoms. The topological polar surface area (TPSA) is 50.3 Å². The summed E-state index contributed by atoms with van der Waals surface area (Å²) < 4.78 is 7.20. The normalized spacial score (nSPS) is 15.2. The van der Waals surface area contributed by atoms with E-state index in [-0.39, 0.29) is 0 Å². The number of rotatable bonds is 5. The largest absolute Gasteiger partial charge is 0.361 e. The zero-order valence-electron chi connectivity index (χ0n) is 14.7. The van der Waals surface area contributed by atoms with Crippen molar-refractivity contribution in [1.82, 2.24) is 19.8 Å². The fraction of sp³-hybridized carbons (Fsp3) is 0.368. The Morgan fingerprint density at radius 2 is 1.92 bits per heavy atom. The van der Waals surface area contributed by atoms with Gasteiger partial charge in [0.2, 0.25) is 0 Å². The first-order valence-corrected chi connectivity index (χ1v) is 8.64. The van der Waals surface area contributed by atoms with Crippen molar-refractivity contribution in [2.24, 2.45) is 0 Å². The minimum Gasteiger partial charge on any atom is -0.361 e. The molecule has 1 aliphatic heterocycles. The molecule has 0 amide bonds. The lowest BCUT2D eigenvalue weighted by Crippen LogP contribution is -2.24. The maximum absolute atomic E-state index is 5.24. The fourth-order valence-corrected chi connectivity index (χ4v) is 3.32. The van der Waals surface area contributed by atoms with Gasteiger partial charge < -0.3 is 9.42 Å². The molecule has 2 aromatic heterocycles. The predicted molar refractivity (Wildman–Crippen MR) is 96.4 cm³/mol. The molecule has 0 saturated carbocycles. The van der Waals surface area contributed by atoms with Crippen molar-refractivity contribution >= 4 is 5.69 Å². The maximum atomic E-state index is 5.24. The average molecular weight is 337 g/mol. The van der Waals surface area contributed by atoms with Crippen LogP contribution in [-0.2, 0) is 13.1 Å². The molecule has 4 rings (SSSR count). The summed E-state index contributed by atoms with van der Waals surface area (Å²) in [5, 5.41) is 8.53. The monoisotopic (exact) mass is 337 g/mol. The van der Waals surface area contributed by atoms with E-state index >= 15 is 0 Å². The van der Waals surface area contributed by atoms with Crippen molar-refractivity contribution in [3.05, 3.63) is 65.3 Å². The molecule has 3 aromatic rings. The van der Waals surface area contributed by atoms with Crippen LogP contribution < -0.4 is 4.90 Å². The van der Waals surface area contributed by atoms with Gasteiger partial charge >= 0.3 is 0 Å². The van der Waals surface area contributed by atoms with Gasteiger partial charge in [-0.25, -0.2) is 0 Å². The molecular weight excluding hydrogens is 314 g/mol. The van der Waals surface area contributed by atoms with E-state index in [0.29, 0.717) is 6.54 Å². The highest BCUT2D eigenvalue weighted by atomic mass is 16.5. The third kappa shape index (κ3) is 3.44. The van der Waals surface area contributed by atoms with E-state index in [1.165, 1.54) is 11.3 Å². The van der Waals surface area contributed by atoms with E-state index in [2.05, 4.69) is 56.6 Å². The van der Waals surface area contributed by atoms with Crippen LogP contribution in [0.4, 0.5) is 5.69 Å². The van der Waals surface area contributed by atoms with Gasteiger partial charge in [-0.2, -0.15) is 5.10 Å². The van der Waals surface area contributed by atoms with Crippen molar-refractivity contribution in [2.45, 2.75) is 26.9 Å². The van der Waals surface area contributed by atoms with E-state index < -0.39 is 0 Å². The van der Waals surface area contributed by atoms with Gasteiger partial charge in [0.1, 0.15) is 5.76 Å². The van der Waals surface area contributed by atoms with Gasteiger partial charge in [-0.3, -0.25) is 9.58 Å². The Kier molecular flexibility index (Phi) is 4.28. The van der Waals surface area contributed by atoms with E-state index in [1.807, 2.05) is 24.7 Å². The van der Waals surface area contributed by atoms with Crippen LogP contribution in [0.15, 0.2) is 47.2 Å². The molecule has 1 fully saturated rings. The van der Waals surface area contributed by atoms with Crippen molar-refractivity contribution in [3.8, 4) is 0 Å². The van der Waals surface area contributed by atoms with Crippen molar-refractivity contribution in [3.63, 3.8) is 0 Å². The molecule has 0 N–H and O–H groups in total. The number of hydrogen-bond donors (Lipinski definition) is 0. The van der Waals surface area contributed by atoms with Gasteiger partial charge in [0.05, 0.1) is 30.8 Å². The average Bonchev–Trinajstić information content (AvgIpc) is 3.33. The summed E-state index contributed by atoms with van der Waals surface area (Å²) >= 11 is 0. The molecule has 0 atom stereocenters. The summed E-state index contributed by atoms with van der Waals surface area (Å²) in [5.74, 6) is 0.866. The molecule has 0 unspecified atom stereocenters. The molecule has 6 nitrogen and oxygen atoms in total. The highest BCUT2D eigenvalue weighted by molar-refractivity contribution is 5.43. The molecule has 0 bridgehead atoms. The number of aromatic nitrogens is 3. The molecule has 3 heterocycles. The second-order valence-corrected chi connectivity index (χ2v) is 6.64. The van der Waals surface area contributed by atoms with Gasteiger partial charge in [-0.05, 0) is 19.4 Å². The number of aryl methyl sites for hydroxylation is 2. The molecule has 1 saturated heterocycles. The number of hydrogen-bond acceptors (Lipinski definition) is 5. The third-order valence-electron chi connectivity index (χ3n) is 4.79. The molecule has 1 aromatic carbocycles. The zero-order chi connectivity index (χ0) is 17.2. The SMILES string of the molecule is Cc1noc(C)c1Cn1cc(N2CCN(Cc3ccccc3)C2)cn1. The summed E-state index contributed by atoms with van der Waals surface area (Å²) in [6, 6.07) is 10.6. The van der Waals surface area contributed by atoms with E-state index in [4.69, 9.17) is 4.52 Å². The zero-order valence-corrected chi connectivity index (χ0v) is 14.7. The Morgan fingerprint density at radius 3 is 2.68 bits per heavy atom.